The number of hydrogen-bond acceptors (Lipinski definition) is 5. The van der Waals surface area contributed by atoms with Gasteiger partial charge in [-0.25, -0.2) is 0 Å². The first-order valence-electron chi connectivity index (χ1n) is 6.84. The van der Waals surface area contributed by atoms with Crippen LogP contribution < -0.4 is 5.73 Å². The van der Waals surface area contributed by atoms with Gasteiger partial charge in [0.2, 0.25) is 0 Å². The Kier molecular flexibility index (Phi) is 3.08. The van der Waals surface area contributed by atoms with Crippen molar-refractivity contribution in [2.24, 2.45) is 11.7 Å². The van der Waals surface area contributed by atoms with Gasteiger partial charge in [0.05, 0.1) is 13.0 Å². The van der Waals surface area contributed by atoms with Crippen molar-refractivity contribution in [1.82, 2.24) is 0 Å². The normalized spacial score (nSPS) is 41.9. The molecule has 0 amide bonds. The van der Waals surface area contributed by atoms with Gasteiger partial charge in [-0.1, -0.05) is 6.42 Å². The second kappa shape index (κ2) is 4.47. The van der Waals surface area contributed by atoms with E-state index < -0.39 is 5.79 Å². The zero-order valence-corrected chi connectivity index (χ0v) is 10.8. The van der Waals surface area contributed by atoms with Crippen molar-refractivity contribution in [2.45, 2.75) is 62.6 Å². The molecule has 102 valence electrons. The molecule has 2 saturated carbocycles. The van der Waals surface area contributed by atoms with E-state index in [0.717, 1.165) is 25.7 Å². The van der Waals surface area contributed by atoms with Gasteiger partial charge in [0.25, 0.3) is 0 Å². The summed E-state index contributed by atoms with van der Waals surface area (Å²) in [5.41, 5.74) is 6.08. The largest absolute Gasteiger partial charge is 0.469 e. The van der Waals surface area contributed by atoms with Gasteiger partial charge in [0, 0.05) is 18.9 Å². The van der Waals surface area contributed by atoms with Crippen LogP contribution in [0.25, 0.3) is 0 Å². The van der Waals surface area contributed by atoms with E-state index in [1.165, 1.54) is 13.5 Å². The first-order chi connectivity index (χ1) is 8.65. The molecule has 1 heterocycles. The average molecular weight is 255 g/mol. The van der Waals surface area contributed by atoms with Gasteiger partial charge in [-0.15, -0.1) is 0 Å². The Morgan fingerprint density at radius 2 is 1.89 bits per heavy atom. The highest BCUT2D eigenvalue weighted by Crippen LogP contribution is 2.47. The van der Waals surface area contributed by atoms with Gasteiger partial charge in [-0.05, 0) is 19.3 Å². The Bertz CT molecular complexity index is 340. The maximum absolute atomic E-state index is 11.8. The lowest BCUT2D eigenvalue weighted by Crippen LogP contribution is -2.38. The van der Waals surface area contributed by atoms with Crippen LogP contribution in [0.15, 0.2) is 0 Å². The van der Waals surface area contributed by atoms with Crippen LogP contribution in [0.3, 0.4) is 0 Å². The average Bonchev–Trinajstić information content (AvgIpc) is 2.87. The van der Waals surface area contributed by atoms with E-state index in [9.17, 15) is 4.79 Å². The van der Waals surface area contributed by atoms with E-state index in [2.05, 4.69) is 0 Å². The van der Waals surface area contributed by atoms with Gasteiger partial charge >= 0.3 is 5.97 Å². The number of methoxy groups -OCH3 is 1. The van der Waals surface area contributed by atoms with Crippen molar-refractivity contribution in [3.05, 3.63) is 0 Å². The summed E-state index contributed by atoms with van der Waals surface area (Å²) >= 11 is 0. The number of hydrogen-bond donors (Lipinski definition) is 1. The fraction of sp³-hybridized carbons (Fsp3) is 0.923. The number of nitrogens with two attached hydrogens (primary N) is 1. The molecule has 1 unspecified atom stereocenters. The summed E-state index contributed by atoms with van der Waals surface area (Å²) in [6.45, 7) is 0. The van der Waals surface area contributed by atoms with Crippen LogP contribution in [-0.2, 0) is 19.0 Å². The van der Waals surface area contributed by atoms with Crippen LogP contribution in [-0.4, -0.2) is 37.1 Å². The van der Waals surface area contributed by atoms with Crippen molar-refractivity contribution < 1.29 is 19.0 Å². The third kappa shape index (κ3) is 1.85. The number of carbonyl (C=O) groups excluding carboxylic acids is 1. The van der Waals surface area contributed by atoms with E-state index in [1.54, 1.807) is 0 Å². The van der Waals surface area contributed by atoms with Gasteiger partial charge in [-0.3, -0.25) is 4.79 Å². The number of fused-ring (bicyclic) bond motifs is 1. The molecule has 3 fully saturated rings. The van der Waals surface area contributed by atoms with Crippen LogP contribution in [0.1, 0.15) is 38.5 Å². The molecule has 2 aliphatic carbocycles. The summed E-state index contributed by atoms with van der Waals surface area (Å²) in [4.78, 5) is 11.8. The van der Waals surface area contributed by atoms with Crippen molar-refractivity contribution in [3.63, 3.8) is 0 Å². The van der Waals surface area contributed by atoms with Gasteiger partial charge in [-0.2, -0.15) is 0 Å². The summed E-state index contributed by atoms with van der Waals surface area (Å²) in [7, 11) is 1.41. The lowest BCUT2D eigenvalue weighted by atomic mass is 9.94. The third-order valence-corrected chi connectivity index (χ3v) is 4.49. The molecule has 0 radical (unpaired) electrons. The first kappa shape index (κ1) is 12.4. The molecule has 3 rings (SSSR count). The summed E-state index contributed by atoms with van der Waals surface area (Å²) < 4.78 is 17.0. The fourth-order valence-electron chi connectivity index (χ4n) is 3.57. The Labute approximate surface area is 107 Å². The Balaban J connectivity index is 1.77. The lowest BCUT2D eigenvalue weighted by Gasteiger charge is -2.33. The molecule has 4 atom stereocenters. The quantitative estimate of drug-likeness (QED) is 0.706. The molecule has 0 aromatic carbocycles. The second-order valence-corrected chi connectivity index (χ2v) is 5.67. The predicted octanol–water partition coefficient (Wildman–Crippen LogP) is 0.951. The van der Waals surface area contributed by atoms with Crippen molar-refractivity contribution in [2.75, 3.05) is 7.11 Å². The first-order valence-corrected chi connectivity index (χ1v) is 6.84. The summed E-state index contributed by atoms with van der Waals surface area (Å²) in [6.07, 6.45) is 5.54. The maximum Gasteiger partial charge on any atom is 0.311 e. The summed E-state index contributed by atoms with van der Waals surface area (Å²) in [5, 5.41) is 0. The third-order valence-electron chi connectivity index (χ3n) is 4.49. The molecule has 1 spiro atoms. The van der Waals surface area contributed by atoms with Crippen LogP contribution >= 0.6 is 0 Å². The highest BCUT2D eigenvalue weighted by molar-refractivity contribution is 5.74. The highest BCUT2D eigenvalue weighted by Gasteiger charge is 2.58. The summed E-state index contributed by atoms with van der Waals surface area (Å²) in [6, 6.07) is -0.125. The van der Waals surface area contributed by atoms with Crippen LogP contribution in [0.4, 0.5) is 0 Å². The Hall–Kier alpha value is -0.650. The predicted molar refractivity (Wildman–Crippen MR) is 63.7 cm³/mol. The Morgan fingerprint density at radius 3 is 2.56 bits per heavy atom. The standard InChI is InChI=1S/C13H21NO4/c1-16-12(15)8-7-9(14)11-10(8)17-13(18-11)5-3-2-4-6-13/h8-11H,2-7,14H2,1H3/t8-,9+,10-,11?/m0/s1. The number of ether oxygens (including phenoxy) is 3. The molecule has 2 N–H and O–H groups in total. The van der Waals surface area contributed by atoms with E-state index >= 15 is 0 Å². The minimum atomic E-state index is -0.474. The van der Waals surface area contributed by atoms with Gasteiger partial charge in [0.15, 0.2) is 5.79 Å². The summed E-state index contributed by atoms with van der Waals surface area (Å²) in [5.74, 6) is -0.969. The molecule has 0 aromatic rings. The number of rotatable bonds is 1. The molecule has 1 aliphatic heterocycles. The van der Waals surface area contributed by atoms with E-state index in [-0.39, 0.29) is 30.1 Å². The molecule has 1 saturated heterocycles. The van der Waals surface area contributed by atoms with Gasteiger partial charge < -0.3 is 19.9 Å². The number of esters is 1. The van der Waals surface area contributed by atoms with Crippen LogP contribution in [0, 0.1) is 5.92 Å². The van der Waals surface area contributed by atoms with Crippen LogP contribution in [0.5, 0.6) is 0 Å². The topological polar surface area (TPSA) is 70.8 Å². The zero-order chi connectivity index (χ0) is 12.8. The molecular weight excluding hydrogens is 234 g/mol. The fourth-order valence-corrected chi connectivity index (χ4v) is 3.57. The van der Waals surface area contributed by atoms with Crippen LogP contribution in [0.2, 0.25) is 0 Å². The second-order valence-electron chi connectivity index (χ2n) is 5.67. The molecule has 0 aromatic heterocycles. The minimum Gasteiger partial charge on any atom is -0.469 e. The SMILES string of the molecule is COC(=O)[C@H]1C[C@@H](N)C2OC3(CCCCC3)O[C@H]21. The monoisotopic (exact) mass is 255 g/mol. The highest BCUT2D eigenvalue weighted by atomic mass is 16.8. The molecule has 3 aliphatic rings. The van der Waals surface area contributed by atoms with Crippen molar-refractivity contribution >= 4 is 5.97 Å². The molecule has 0 bridgehead atoms. The zero-order valence-electron chi connectivity index (χ0n) is 10.8. The van der Waals surface area contributed by atoms with E-state index in [0.29, 0.717) is 6.42 Å². The molecule has 5 nitrogen and oxygen atoms in total. The van der Waals surface area contributed by atoms with Crippen molar-refractivity contribution in [1.29, 1.82) is 0 Å². The maximum atomic E-state index is 11.8. The smallest absolute Gasteiger partial charge is 0.311 e. The van der Waals surface area contributed by atoms with Gasteiger partial charge in [0.1, 0.15) is 12.2 Å². The molecule has 5 heteroatoms. The minimum absolute atomic E-state index is 0.125. The van der Waals surface area contributed by atoms with E-state index in [1.807, 2.05) is 0 Å². The Morgan fingerprint density at radius 1 is 1.22 bits per heavy atom. The molecular formula is C13H21NO4. The number of carbonyl (C=O) groups is 1. The lowest BCUT2D eigenvalue weighted by molar-refractivity contribution is -0.204. The van der Waals surface area contributed by atoms with E-state index in [4.69, 9.17) is 19.9 Å². The molecule has 18 heavy (non-hydrogen) atoms. The van der Waals surface area contributed by atoms with Crippen molar-refractivity contribution in [3.8, 4) is 0 Å².